The van der Waals surface area contributed by atoms with Crippen LogP contribution in [0.3, 0.4) is 0 Å². The van der Waals surface area contributed by atoms with Crippen molar-refractivity contribution in [2.75, 3.05) is 5.32 Å². The average Bonchev–Trinajstić information content (AvgIpc) is 2.91. The number of carboxylic acids is 2. The number of nitrogens with one attached hydrogen (secondary N) is 1. The molecule has 242 valence electrons. The average molecular weight is 615 g/mol. The SMILES string of the molecule is CC.CC1OC(C(=O)O)C(O)C(O)C1C.[B]C(=O)OCc1ccc(OC(CC(C(=O)O)[C@H](C)O)C(O)O)c(NC(C)=O)c1. The highest BCUT2D eigenvalue weighted by atomic mass is 16.6. The topological polar surface area (TPSA) is 250 Å². The molecule has 1 aromatic carbocycles. The van der Waals surface area contributed by atoms with Gasteiger partial charge in [-0.3, -0.25) is 14.4 Å². The van der Waals surface area contributed by atoms with E-state index in [2.05, 4.69) is 10.1 Å². The molecule has 8 N–H and O–H groups in total. The van der Waals surface area contributed by atoms with Crippen molar-refractivity contribution in [2.24, 2.45) is 11.8 Å². The van der Waals surface area contributed by atoms with Crippen LogP contribution >= 0.6 is 0 Å². The number of anilines is 1. The second-order valence-electron chi connectivity index (χ2n) is 9.55. The monoisotopic (exact) mass is 615 g/mol. The molecule has 1 heterocycles. The highest BCUT2D eigenvalue weighted by Crippen LogP contribution is 2.30. The van der Waals surface area contributed by atoms with Crippen LogP contribution in [-0.2, 0) is 30.5 Å². The standard InChI is InChI=1S/C17H22BNO9.C8H14O5.C2H6/c1-8(20)11(15(22)23)6-14(16(24)25)28-13-4-3-10(7-27-17(18)26)5-12(13)19-9(2)21;1-3-4(2)13-7(8(11)12)6(10)5(3)9;1-2/h3-5,8,11,14,16,20,24-25H,6-7H2,1-2H3,(H,19,21)(H,22,23);3-7,9-10H,1-2H3,(H,11,12);1-2H3/t8-,11?,14?;;/m0../s1. The van der Waals surface area contributed by atoms with Gasteiger partial charge < -0.3 is 55.3 Å². The van der Waals surface area contributed by atoms with Gasteiger partial charge >= 0.3 is 11.9 Å². The number of aliphatic carboxylic acids is 2. The normalized spacial score (nSPS) is 23.2. The molecule has 1 saturated heterocycles. The van der Waals surface area contributed by atoms with Crippen LogP contribution in [0.4, 0.5) is 10.5 Å². The van der Waals surface area contributed by atoms with Gasteiger partial charge in [-0.25, -0.2) is 4.79 Å². The highest BCUT2D eigenvalue weighted by molar-refractivity contribution is 6.55. The number of rotatable bonds is 11. The fraction of sp³-hybridized carbons (Fsp3) is 0.630. The number of carboxylic acid groups (broad SMARTS) is 2. The van der Waals surface area contributed by atoms with E-state index in [1.807, 2.05) is 13.8 Å². The van der Waals surface area contributed by atoms with Crippen molar-refractivity contribution in [1.82, 2.24) is 0 Å². The van der Waals surface area contributed by atoms with Gasteiger partial charge in [-0.15, -0.1) is 0 Å². The van der Waals surface area contributed by atoms with E-state index < -0.39 is 72.9 Å². The van der Waals surface area contributed by atoms with Gasteiger partial charge in [0.1, 0.15) is 18.5 Å². The smallest absolute Gasteiger partial charge is 0.335 e. The summed E-state index contributed by atoms with van der Waals surface area (Å²) in [6.07, 6.45) is -9.18. The third-order valence-corrected chi connectivity index (χ3v) is 6.28. The molecule has 1 aliphatic rings. The van der Waals surface area contributed by atoms with Crippen LogP contribution in [0.5, 0.6) is 5.75 Å². The lowest BCUT2D eigenvalue weighted by Gasteiger charge is -2.38. The minimum absolute atomic E-state index is 0.0193. The zero-order valence-electron chi connectivity index (χ0n) is 24.9. The zero-order valence-corrected chi connectivity index (χ0v) is 24.9. The van der Waals surface area contributed by atoms with E-state index in [0.717, 1.165) is 0 Å². The van der Waals surface area contributed by atoms with E-state index in [1.165, 1.54) is 32.0 Å². The van der Waals surface area contributed by atoms with E-state index in [1.54, 1.807) is 13.8 Å². The Morgan fingerprint density at radius 1 is 1.05 bits per heavy atom. The van der Waals surface area contributed by atoms with Crippen LogP contribution in [0.25, 0.3) is 0 Å². The van der Waals surface area contributed by atoms with E-state index in [-0.39, 0.29) is 30.1 Å². The molecule has 1 fully saturated rings. The summed E-state index contributed by atoms with van der Waals surface area (Å²) in [7, 11) is 4.90. The van der Waals surface area contributed by atoms with Crippen molar-refractivity contribution in [2.45, 2.75) is 97.5 Å². The number of benzene rings is 1. The predicted octanol–water partition coefficient (Wildman–Crippen LogP) is 0.222. The molecule has 2 rings (SSSR count). The maximum absolute atomic E-state index is 11.4. The molecule has 8 atom stereocenters. The van der Waals surface area contributed by atoms with Crippen molar-refractivity contribution < 1.29 is 69.1 Å². The van der Waals surface area contributed by atoms with Gasteiger partial charge in [0.2, 0.25) is 19.6 Å². The van der Waals surface area contributed by atoms with E-state index >= 15 is 0 Å². The molecule has 0 aliphatic carbocycles. The number of aliphatic hydroxyl groups excluding tert-OH is 4. The molecule has 0 spiro atoms. The number of hydrogen-bond donors (Lipinski definition) is 8. The molecular formula is C27H42BNO14. The van der Waals surface area contributed by atoms with Crippen LogP contribution in [0.15, 0.2) is 18.2 Å². The van der Waals surface area contributed by atoms with Gasteiger partial charge in [0.15, 0.2) is 18.5 Å². The maximum atomic E-state index is 11.4. The molecule has 0 bridgehead atoms. The third kappa shape index (κ3) is 13.3. The van der Waals surface area contributed by atoms with Gasteiger partial charge in [0.25, 0.3) is 0 Å². The number of aliphatic hydroxyl groups is 5. The molecule has 43 heavy (non-hydrogen) atoms. The predicted molar refractivity (Wildman–Crippen MR) is 151 cm³/mol. The Kier molecular flexibility index (Phi) is 17.6. The Bertz CT molecular complexity index is 1050. The Labute approximate surface area is 250 Å². The van der Waals surface area contributed by atoms with E-state index in [9.17, 15) is 44.7 Å². The Morgan fingerprint density at radius 2 is 1.63 bits per heavy atom. The number of hydrogen-bond acceptors (Lipinski definition) is 12. The lowest BCUT2D eigenvalue weighted by molar-refractivity contribution is -0.206. The number of carbonyl (C=O) groups is 4. The van der Waals surface area contributed by atoms with Crippen LogP contribution in [0, 0.1) is 11.8 Å². The number of amides is 1. The van der Waals surface area contributed by atoms with E-state index in [0.29, 0.717) is 5.56 Å². The molecule has 0 aromatic heterocycles. The van der Waals surface area contributed by atoms with Crippen molar-refractivity contribution >= 4 is 37.2 Å². The molecule has 15 nitrogen and oxygen atoms in total. The zero-order chi connectivity index (χ0) is 33.6. The molecule has 7 unspecified atom stereocenters. The lowest BCUT2D eigenvalue weighted by Crippen LogP contribution is -2.55. The molecule has 2 radical (unpaired) electrons. The highest BCUT2D eigenvalue weighted by Gasteiger charge is 2.43. The van der Waals surface area contributed by atoms with Crippen LogP contribution in [-0.4, -0.2) is 110 Å². The minimum atomic E-state index is -2.05. The summed E-state index contributed by atoms with van der Waals surface area (Å²) in [4.78, 5) is 44.0. The first kappa shape index (κ1) is 39.7. The third-order valence-electron chi connectivity index (χ3n) is 6.28. The first-order valence-electron chi connectivity index (χ1n) is 13.5. The minimum Gasteiger partial charge on any atom is -0.483 e. The van der Waals surface area contributed by atoms with Crippen molar-refractivity contribution in [1.29, 1.82) is 0 Å². The maximum Gasteiger partial charge on any atom is 0.335 e. The second kappa shape index (κ2) is 19.1. The second-order valence-corrected chi connectivity index (χ2v) is 9.55. The molecular weight excluding hydrogens is 573 g/mol. The van der Waals surface area contributed by atoms with Gasteiger partial charge in [0, 0.05) is 19.3 Å². The summed E-state index contributed by atoms with van der Waals surface area (Å²) in [5, 5.41) is 67.8. The summed E-state index contributed by atoms with van der Waals surface area (Å²) in [5.41, 5.74) is 0.594. The summed E-state index contributed by atoms with van der Waals surface area (Å²) in [6, 6.07) is 4.27. The summed E-state index contributed by atoms with van der Waals surface area (Å²) < 4.78 is 15.2. The van der Waals surface area contributed by atoms with Crippen molar-refractivity contribution in [3.05, 3.63) is 23.8 Å². The first-order chi connectivity index (χ1) is 20.0. The van der Waals surface area contributed by atoms with Gasteiger partial charge in [0.05, 0.1) is 29.9 Å². The summed E-state index contributed by atoms with van der Waals surface area (Å²) >= 11 is 0. The Morgan fingerprint density at radius 3 is 2.07 bits per heavy atom. The molecule has 1 aliphatic heterocycles. The molecule has 0 saturated carbocycles. The molecule has 1 amide bonds. The first-order valence-corrected chi connectivity index (χ1v) is 13.5. The van der Waals surface area contributed by atoms with Crippen molar-refractivity contribution in [3.63, 3.8) is 0 Å². The Balaban J connectivity index is 0.000000976. The number of ether oxygens (including phenoxy) is 3. The molecule has 1 aromatic rings. The fourth-order valence-corrected chi connectivity index (χ4v) is 3.77. The largest absolute Gasteiger partial charge is 0.483 e. The van der Waals surface area contributed by atoms with Crippen LogP contribution in [0.1, 0.15) is 53.5 Å². The van der Waals surface area contributed by atoms with Gasteiger partial charge in [-0.2, -0.15) is 0 Å². The number of carbonyl (C=O) groups excluding carboxylic acids is 2. The van der Waals surface area contributed by atoms with Crippen LogP contribution in [0.2, 0.25) is 0 Å². The molecule has 16 heteroatoms. The van der Waals surface area contributed by atoms with Crippen LogP contribution < -0.4 is 10.1 Å². The van der Waals surface area contributed by atoms with Gasteiger partial charge in [-0.1, -0.05) is 26.8 Å². The van der Waals surface area contributed by atoms with Crippen molar-refractivity contribution in [3.8, 4) is 5.75 Å². The quantitative estimate of drug-likeness (QED) is 0.123. The fourth-order valence-electron chi connectivity index (χ4n) is 3.77. The van der Waals surface area contributed by atoms with E-state index in [4.69, 9.17) is 27.5 Å². The summed E-state index contributed by atoms with van der Waals surface area (Å²) in [6.45, 7) is 9.71. The summed E-state index contributed by atoms with van der Waals surface area (Å²) in [5.74, 6) is -5.56. The van der Waals surface area contributed by atoms with Gasteiger partial charge in [-0.05, 0) is 31.5 Å². The lowest BCUT2D eigenvalue weighted by atomic mass is 9.89. The Hall–Kier alpha value is -3.28.